The molecule has 3 nitrogen and oxygen atoms in total. The molecule has 1 aliphatic heterocycles. The van der Waals surface area contributed by atoms with Gasteiger partial charge in [-0.2, -0.15) is 0 Å². The molecule has 1 saturated heterocycles. The van der Waals surface area contributed by atoms with E-state index in [1.54, 1.807) is 0 Å². The zero-order chi connectivity index (χ0) is 12.6. The summed E-state index contributed by atoms with van der Waals surface area (Å²) in [6.07, 6.45) is 2.34. The van der Waals surface area contributed by atoms with Crippen molar-refractivity contribution in [3.63, 3.8) is 0 Å². The largest absolute Gasteiger partial charge is 0.492 e. The lowest BCUT2D eigenvalue weighted by Gasteiger charge is -2.19. The summed E-state index contributed by atoms with van der Waals surface area (Å²) in [7, 11) is 0. The van der Waals surface area contributed by atoms with Crippen molar-refractivity contribution in [2.24, 2.45) is 0 Å². The molecule has 0 spiro atoms. The Hall–Kier alpha value is -0.580. The van der Waals surface area contributed by atoms with Crippen LogP contribution in [0.25, 0.3) is 0 Å². The third-order valence-electron chi connectivity index (χ3n) is 3.15. The Balaban J connectivity index is 1.65. The fourth-order valence-corrected chi connectivity index (χ4v) is 2.56. The third-order valence-corrected chi connectivity index (χ3v) is 3.80. The zero-order valence-corrected chi connectivity index (χ0v) is 12.3. The van der Waals surface area contributed by atoms with Crippen molar-refractivity contribution in [1.82, 2.24) is 10.2 Å². The fourth-order valence-electron chi connectivity index (χ4n) is 2.16. The smallest absolute Gasteiger partial charge is 0.133 e. The molecule has 100 valence electrons. The van der Waals surface area contributed by atoms with Crippen LogP contribution in [0.2, 0.25) is 0 Å². The molecule has 1 aromatic carbocycles. The predicted octanol–water partition coefficient (Wildman–Crippen LogP) is 2.51. The lowest BCUT2D eigenvalue weighted by atomic mass is 10.3. The maximum Gasteiger partial charge on any atom is 0.133 e. The van der Waals surface area contributed by atoms with E-state index in [0.29, 0.717) is 0 Å². The van der Waals surface area contributed by atoms with Crippen molar-refractivity contribution in [2.45, 2.75) is 12.8 Å². The van der Waals surface area contributed by atoms with E-state index in [2.05, 4.69) is 26.1 Å². The van der Waals surface area contributed by atoms with Crippen molar-refractivity contribution in [2.75, 3.05) is 39.3 Å². The lowest BCUT2D eigenvalue weighted by molar-refractivity contribution is 0.243. The molecule has 0 aromatic heterocycles. The molecule has 0 aliphatic carbocycles. The summed E-state index contributed by atoms with van der Waals surface area (Å²) in [6, 6.07) is 8.01. The summed E-state index contributed by atoms with van der Waals surface area (Å²) in [5, 5.41) is 3.42. The van der Waals surface area contributed by atoms with E-state index < -0.39 is 0 Å². The first-order valence-electron chi connectivity index (χ1n) is 6.66. The van der Waals surface area contributed by atoms with Gasteiger partial charge in [0.2, 0.25) is 0 Å². The summed E-state index contributed by atoms with van der Waals surface area (Å²) >= 11 is 3.49. The van der Waals surface area contributed by atoms with E-state index in [1.165, 1.54) is 13.0 Å². The molecule has 4 heteroatoms. The normalized spacial score (nSPS) is 17.4. The van der Waals surface area contributed by atoms with Crippen LogP contribution in [0.1, 0.15) is 12.8 Å². The number of hydrogen-bond donors (Lipinski definition) is 1. The molecule has 2 rings (SSSR count). The first kappa shape index (κ1) is 13.8. The van der Waals surface area contributed by atoms with Crippen molar-refractivity contribution in [3.8, 4) is 5.75 Å². The molecule has 18 heavy (non-hydrogen) atoms. The second-order valence-corrected chi connectivity index (χ2v) is 5.43. The molecule has 1 aromatic rings. The molecule has 0 amide bonds. The molecule has 1 aliphatic rings. The molecule has 0 saturated carbocycles. The number of nitrogens with one attached hydrogen (secondary N) is 1. The Morgan fingerprint density at radius 2 is 2.11 bits per heavy atom. The Morgan fingerprint density at radius 3 is 3.00 bits per heavy atom. The zero-order valence-electron chi connectivity index (χ0n) is 10.7. The topological polar surface area (TPSA) is 24.5 Å². The molecule has 0 bridgehead atoms. The van der Waals surface area contributed by atoms with E-state index >= 15 is 0 Å². The summed E-state index contributed by atoms with van der Waals surface area (Å²) in [5.74, 6) is 0.940. The molecule has 1 heterocycles. The number of para-hydroxylation sites is 1. The second-order valence-electron chi connectivity index (χ2n) is 4.58. The minimum Gasteiger partial charge on any atom is -0.492 e. The summed E-state index contributed by atoms with van der Waals surface area (Å²) in [6.45, 7) is 6.56. The van der Waals surface area contributed by atoms with Gasteiger partial charge in [0.15, 0.2) is 0 Å². The summed E-state index contributed by atoms with van der Waals surface area (Å²) < 4.78 is 6.80. The van der Waals surface area contributed by atoms with Crippen LogP contribution in [0.4, 0.5) is 0 Å². The molecule has 0 unspecified atom stereocenters. The molecule has 1 N–H and O–H groups in total. The SMILES string of the molecule is Brc1ccccc1OCCCN1CCCNCC1. The molecular weight excluding hydrogens is 292 g/mol. The number of nitrogens with zero attached hydrogens (tertiary/aromatic N) is 1. The van der Waals surface area contributed by atoms with Gasteiger partial charge in [0, 0.05) is 19.6 Å². The fraction of sp³-hybridized carbons (Fsp3) is 0.571. The Labute approximate surface area is 118 Å². The van der Waals surface area contributed by atoms with Gasteiger partial charge in [-0.1, -0.05) is 12.1 Å². The highest BCUT2D eigenvalue weighted by atomic mass is 79.9. The minimum absolute atomic E-state index is 0.784. The maximum absolute atomic E-state index is 5.77. The average molecular weight is 313 g/mol. The first-order chi connectivity index (χ1) is 8.86. The van der Waals surface area contributed by atoms with Crippen LogP contribution in [0.3, 0.4) is 0 Å². The highest BCUT2D eigenvalue weighted by molar-refractivity contribution is 9.10. The highest BCUT2D eigenvalue weighted by Crippen LogP contribution is 2.23. The standard InChI is InChI=1S/C14H21BrN2O/c15-13-5-1-2-6-14(13)18-12-4-10-17-9-3-7-16-8-11-17/h1-2,5-6,16H,3-4,7-12H2. The van der Waals surface area contributed by atoms with Gasteiger partial charge in [0.05, 0.1) is 11.1 Å². The molecule has 0 radical (unpaired) electrons. The molecular formula is C14H21BrN2O. The van der Waals surface area contributed by atoms with Crippen molar-refractivity contribution >= 4 is 15.9 Å². The van der Waals surface area contributed by atoms with Gasteiger partial charge in [-0.15, -0.1) is 0 Å². The van der Waals surface area contributed by atoms with Gasteiger partial charge in [0.1, 0.15) is 5.75 Å². The van der Waals surface area contributed by atoms with Crippen LogP contribution in [0, 0.1) is 0 Å². The summed E-state index contributed by atoms with van der Waals surface area (Å²) in [4.78, 5) is 2.52. The number of halogens is 1. The summed E-state index contributed by atoms with van der Waals surface area (Å²) in [5.41, 5.74) is 0. The number of ether oxygens (including phenoxy) is 1. The molecule has 1 fully saturated rings. The van der Waals surface area contributed by atoms with E-state index in [-0.39, 0.29) is 0 Å². The van der Waals surface area contributed by atoms with Crippen LogP contribution >= 0.6 is 15.9 Å². The van der Waals surface area contributed by atoms with Crippen molar-refractivity contribution < 1.29 is 4.74 Å². The quantitative estimate of drug-likeness (QED) is 0.846. The van der Waals surface area contributed by atoms with Gasteiger partial charge >= 0.3 is 0 Å². The Bertz CT molecular complexity index is 351. The van der Waals surface area contributed by atoms with Gasteiger partial charge in [-0.05, 0) is 54.0 Å². The van der Waals surface area contributed by atoms with Crippen LogP contribution in [-0.4, -0.2) is 44.2 Å². The van der Waals surface area contributed by atoms with Crippen molar-refractivity contribution in [3.05, 3.63) is 28.7 Å². The van der Waals surface area contributed by atoms with E-state index in [4.69, 9.17) is 4.74 Å². The molecule has 0 atom stereocenters. The van der Waals surface area contributed by atoms with Crippen LogP contribution < -0.4 is 10.1 Å². The van der Waals surface area contributed by atoms with Crippen LogP contribution in [-0.2, 0) is 0 Å². The number of rotatable bonds is 5. The van der Waals surface area contributed by atoms with Gasteiger partial charge in [-0.25, -0.2) is 0 Å². The van der Waals surface area contributed by atoms with Crippen molar-refractivity contribution in [1.29, 1.82) is 0 Å². The van der Waals surface area contributed by atoms with E-state index in [0.717, 1.165) is 49.4 Å². The Morgan fingerprint density at radius 1 is 1.22 bits per heavy atom. The van der Waals surface area contributed by atoms with Crippen LogP contribution in [0.15, 0.2) is 28.7 Å². The number of benzene rings is 1. The van der Waals surface area contributed by atoms with Gasteiger partial charge < -0.3 is 15.0 Å². The first-order valence-corrected chi connectivity index (χ1v) is 7.46. The van der Waals surface area contributed by atoms with E-state index in [9.17, 15) is 0 Å². The number of hydrogen-bond acceptors (Lipinski definition) is 3. The monoisotopic (exact) mass is 312 g/mol. The average Bonchev–Trinajstić information content (AvgIpc) is 2.65. The highest BCUT2D eigenvalue weighted by Gasteiger charge is 2.07. The maximum atomic E-state index is 5.77. The Kier molecular flexibility index (Phi) is 5.97. The van der Waals surface area contributed by atoms with E-state index in [1.807, 2.05) is 24.3 Å². The van der Waals surface area contributed by atoms with Gasteiger partial charge in [-0.3, -0.25) is 0 Å². The third kappa shape index (κ3) is 4.59. The van der Waals surface area contributed by atoms with Crippen LogP contribution in [0.5, 0.6) is 5.75 Å². The minimum atomic E-state index is 0.784. The lowest BCUT2D eigenvalue weighted by Crippen LogP contribution is -2.29. The second kappa shape index (κ2) is 7.77. The van der Waals surface area contributed by atoms with Gasteiger partial charge in [0.25, 0.3) is 0 Å². The predicted molar refractivity (Wildman–Crippen MR) is 78.2 cm³/mol.